The molecule has 1 fully saturated rings. The first kappa shape index (κ1) is 10.5. The van der Waals surface area contributed by atoms with Crippen LogP contribution >= 0.6 is 12.4 Å². The third-order valence-electron chi connectivity index (χ3n) is 1.31. The van der Waals surface area contributed by atoms with Gasteiger partial charge in [0.1, 0.15) is 6.61 Å². The van der Waals surface area contributed by atoms with Crippen molar-refractivity contribution < 1.29 is 19.4 Å². The first-order valence-corrected chi connectivity index (χ1v) is 2.91. The van der Waals surface area contributed by atoms with Crippen LogP contribution in [0, 0.1) is 0 Å². The fourth-order valence-corrected chi connectivity index (χ4v) is 0.816. The minimum absolute atomic E-state index is 0. The van der Waals surface area contributed by atoms with Crippen LogP contribution in [0.2, 0.25) is 0 Å². The first-order valence-electron chi connectivity index (χ1n) is 2.91. The minimum Gasteiger partial charge on any atom is -0.450 e. The number of carbonyl (C=O) groups is 1. The van der Waals surface area contributed by atoms with E-state index >= 15 is 0 Å². The molecule has 11 heavy (non-hydrogen) atoms. The molecule has 0 amide bonds. The molecule has 66 valence electrons. The number of halogens is 1. The van der Waals surface area contributed by atoms with Crippen molar-refractivity contribution in [3.8, 4) is 0 Å². The highest BCUT2D eigenvalue weighted by molar-refractivity contribution is 5.85. The van der Waals surface area contributed by atoms with Crippen LogP contribution in [0.5, 0.6) is 0 Å². The zero-order valence-corrected chi connectivity index (χ0v) is 6.60. The summed E-state index contributed by atoms with van der Waals surface area (Å²) in [5.41, 5.74) is 4.33. The van der Waals surface area contributed by atoms with Crippen molar-refractivity contribution in [2.75, 3.05) is 13.2 Å². The van der Waals surface area contributed by atoms with E-state index in [0.717, 1.165) is 0 Å². The van der Waals surface area contributed by atoms with Gasteiger partial charge >= 0.3 is 6.16 Å². The Morgan fingerprint density at radius 1 is 1.73 bits per heavy atom. The van der Waals surface area contributed by atoms with E-state index in [1.54, 1.807) is 0 Å². The average molecular weight is 184 g/mol. The van der Waals surface area contributed by atoms with Crippen molar-refractivity contribution >= 4 is 18.6 Å². The second kappa shape index (κ2) is 3.75. The van der Waals surface area contributed by atoms with Gasteiger partial charge in [-0.2, -0.15) is 0 Å². The van der Waals surface area contributed by atoms with E-state index in [9.17, 15) is 4.79 Å². The molecular formula is C5H10ClNO4. The molecular weight excluding hydrogens is 174 g/mol. The molecule has 0 spiro atoms. The van der Waals surface area contributed by atoms with Crippen LogP contribution in [0.15, 0.2) is 0 Å². The normalized spacial score (nSPS) is 29.2. The quantitative estimate of drug-likeness (QED) is 0.448. The molecule has 6 heteroatoms. The number of carboxylic acid groups (broad SMARTS) is 1. The van der Waals surface area contributed by atoms with Gasteiger partial charge in [-0.25, -0.2) is 4.79 Å². The maximum Gasteiger partial charge on any atom is 0.507 e. The molecule has 1 heterocycles. The summed E-state index contributed by atoms with van der Waals surface area (Å²) in [7, 11) is 0. The Balaban J connectivity index is 0.000001000. The minimum atomic E-state index is -1.35. The molecule has 1 aliphatic rings. The SMILES string of the molecule is Cl.NC1(OC(=O)O)CCOC1. The van der Waals surface area contributed by atoms with Crippen LogP contribution in [0.4, 0.5) is 4.79 Å². The predicted molar refractivity (Wildman–Crippen MR) is 38.7 cm³/mol. The summed E-state index contributed by atoms with van der Waals surface area (Å²) in [5.74, 6) is 0. The van der Waals surface area contributed by atoms with Gasteiger partial charge in [0.2, 0.25) is 0 Å². The summed E-state index contributed by atoms with van der Waals surface area (Å²) in [4.78, 5) is 10.0. The van der Waals surface area contributed by atoms with Crippen molar-refractivity contribution in [3.05, 3.63) is 0 Å². The van der Waals surface area contributed by atoms with E-state index in [0.29, 0.717) is 13.0 Å². The molecule has 0 aromatic heterocycles. The zero-order valence-electron chi connectivity index (χ0n) is 5.78. The van der Waals surface area contributed by atoms with Gasteiger partial charge < -0.3 is 14.6 Å². The fourth-order valence-electron chi connectivity index (χ4n) is 0.816. The number of nitrogens with two attached hydrogens (primary N) is 1. The number of ether oxygens (including phenoxy) is 2. The lowest BCUT2D eigenvalue weighted by Gasteiger charge is -2.19. The smallest absolute Gasteiger partial charge is 0.450 e. The Kier molecular flexibility index (Phi) is 3.57. The van der Waals surface area contributed by atoms with E-state index in [1.807, 2.05) is 0 Å². The Hall–Kier alpha value is -0.520. The predicted octanol–water partition coefficient (Wildman–Crippen LogP) is 0.178. The summed E-state index contributed by atoms with van der Waals surface area (Å²) in [6, 6.07) is 0. The summed E-state index contributed by atoms with van der Waals surface area (Å²) in [5, 5.41) is 8.18. The van der Waals surface area contributed by atoms with Crippen LogP contribution < -0.4 is 5.73 Å². The first-order chi connectivity index (χ1) is 4.62. The van der Waals surface area contributed by atoms with Gasteiger partial charge in [0.15, 0.2) is 5.72 Å². The Morgan fingerprint density at radius 2 is 2.36 bits per heavy atom. The fraction of sp³-hybridized carbons (Fsp3) is 0.800. The summed E-state index contributed by atoms with van der Waals surface area (Å²) in [6.45, 7) is 0.614. The number of rotatable bonds is 1. The topological polar surface area (TPSA) is 81.8 Å². The summed E-state index contributed by atoms with van der Waals surface area (Å²) in [6.07, 6.45) is -0.924. The van der Waals surface area contributed by atoms with Crippen LogP contribution in [-0.4, -0.2) is 30.2 Å². The number of hydrogen-bond acceptors (Lipinski definition) is 4. The molecule has 0 aliphatic carbocycles. The van der Waals surface area contributed by atoms with Crippen LogP contribution in [0.1, 0.15) is 6.42 Å². The van der Waals surface area contributed by atoms with Crippen LogP contribution in [-0.2, 0) is 9.47 Å². The zero-order chi connectivity index (χ0) is 7.61. The Labute approximate surface area is 69.9 Å². The molecule has 5 nitrogen and oxygen atoms in total. The third kappa shape index (κ3) is 2.92. The largest absolute Gasteiger partial charge is 0.507 e. The highest BCUT2D eigenvalue weighted by atomic mass is 35.5. The van der Waals surface area contributed by atoms with E-state index in [1.165, 1.54) is 0 Å². The second-order valence-electron chi connectivity index (χ2n) is 2.24. The molecule has 1 unspecified atom stereocenters. The molecule has 0 saturated carbocycles. The highest BCUT2D eigenvalue weighted by Crippen LogP contribution is 2.16. The highest BCUT2D eigenvalue weighted by Gasteiger charge is 2.34. The number of hydrogen-bond donors (Lipinski definition) is 2. The van der Waals surface area contributed by atoms with Gasteiger partial charge in [-0.3, -0.25) is 5.73 Å². The van der Waals surface area contributed by atoms with E-state index in [4.69, 9.17) is 15.6 Å². The molecule has 3 N–H and O–H groups in total. The maximum atomic E-state index is 10.0. The van der Waals surface area contributed by atoms with Crippen LogP contribution in [0.3, 0.4) is 0 Å². The Bertz CT molecular complexity index is 145. The van der Waals surface area contributed by atoms with E-state index in [2.05, 4.69) is 4.74 Å². The Morgan fingerprint density at radius 3 is 2.73 bits per heavy atom. The van der Waals surface area contributed by atoms with Crippen molar-refractivity contribution in [1.82, 2.24) is 0 Å². The van der Waals surface area contributed by atoms with Gasteiger partial charge in [0.05, 0.1) is 6.61 Å². The molecule has 0 radical (unpaired) electrons. The van der Waals surface area contributed by atoms with Crippen LogP contribution in [0.25, 0.3) is 0 Å². The lowest BCUT2D eigenvalue weighted by atomic mass is 10.2. The molecule has 1 saturated heterocycles. The molecule has 1 atom stereocenters. The maximum absolute atomic E-state index is 10.0. The van der Waals surface area contributed by atoms with Gasteiger partial charge in [0.25, 0.3) is 0 Å². The van der Waals surface area contributed by atoms with Gasteiger partial charge in [-0.1, -0.05) is 0 Å². The van der Waals surface area contributed by atoms with Gasteiger partial charge in [0, 0.05) is 6.42 Å². The molecule has 1 rings (SSSR count). The van der Waals surface area contributed by atoms with Crippen molar-refractivity contribution in [2.24, 2.45) is 5.73 Å². The van der Waals surface area contributed by atoms with E-state index < -0.39 is 11.9 Å². The van der Waals surface area contributed by atoms with Gasteiger partial charge in [-0.05, 0) is 0 Å². The molecule has 0 aromatic rings. The lowest BCUT2D eigenvalue weighted by Crippen LogP contribution is -2.44. The second-order valence-corrected chi connectivity index (χ2v) is 2.24. The average Bonchev–Trinajstić information content (AvgIpc) is 2.12. The lowest BCUT2D eigenvalue weighted by molar-refractivity contribution is -0.0200. The molecule has 0 bridgehead atoms. The molecule has 1 aliphatic heterocycles. The van der Waals surface area contributed by atoms with Crippen molar-refractivity contribution in [1.29, 1.82) is 0 Å². The van der Waals surface area contributed by atoms with Crippen molar-refractivity contribution in [3.63, 3.8) is 0 Å². The summed E-state index contributed by atoms with van der Waals surface area (Å²) < 4.78 is 9.22. The van der Waals surface area contributed by atoms with E-state index in [-0.39, 0.29) is 19.0 Å². The molecule has 0 aromatic carbocycles. The standard InChI is InChI=1S/C5H9NO4.ClH/c6-5(10-4(7)8)1-2-9-3-5;/h1-3,6H2,(H,7,8);1H. The third-order valence-corrected chi connectivity index (χ3v) is 1.31. The summed E-state index contributed by atoms with van der Waals surface area (Å²) >= 11 is 0. The van der Waals surface area contributed by atoms with Gasteiger partial charge in [-0.15, -0.1) is 12.4 Å². The van der Waals surface area contributed by atoms with Crippen molar-refractivity contribution in [2.45, 2.75) is 12.1 Å². The monoisotopic (exact) mass is 183 g/mol.